The van der Waals surface area contributed by atoms with E-state index in [0.717, 1.165) is 17.0 Å². The lowest BCUT2D eigenvalue weighted by atomic mass is 10.1. The molecular weight excluding hydrogens is 302 g/mol. The minimum absolute atomic E-state index is 0.191. The van der Waals surface area contributed by atoms with Crippen LogP contribution in [-0.4, -0.2) is 0 Å². The van der Waals surface area contributed by atoms with Crippen molar-refractivity contribution in [3.63, 3.8) is 0 Å². The van der Waals surface area contributed by atoms with E-state index in [2.05, 4.69) is 5.32 Å². The highest BCUT2D eigenvalue weighted by Gasteiger charge is 2.31. The van der Waals surface area contributed by atoms with E-state index in [4.69, 9.17) is 0 Å². The molecule has 0 atom stereocenters. The first kappa shape index (κ1) is 16.0. The summed E-state index contributed by atoms with van der Waals surface area (Å²) in [6, 6.07) is 4.64. The number of halogens is 4. The van der Waals surface area contributed by atoms with Crippen LogP contribution >= 0.6 is 11.3 Å². The van der Waals surface area contributed by atoms with Crippen molar-refractivity contribution in [2.75, 3.05) is 0 Å². The summed E-state index contributed by atoms with van der Waals surface area (Å²) in [6.45, 7) is 4.78. The molecule has 2 aromatic rings. The molecule has 2 rings (SSSR count). The molecule has 0 saturated heterocycles. The minimum atomic E-state index is -4.53. The third kappa shape index (κ3) is 4.28. The van der Waals surface area contributed by atoms with E-state index < -0.39 is 17.6 Å². The van der Waals surface area contributed by atoms with E-state index in [-0.39, 0.29) is 12.1 Å². The first-order chi connectivity index (χ1) is 9.75. The van der Waals surface area contributed by atoms with E-state index in [1.165, 1.54) is 10.4 Å². The van der Waals surface area contributed by atoms with Crippen LogP contribution in [0.1, 0.15) is 26.4 Å². The van der Waals surface area contributed by atoms with Gasteiger partial charge in [0.1, 0.15) is 5.82 Å². The van der Waals surface area contributed by atoms with Crippen molar-refractivity contribution in [1.82, 2.24) is 5.32 Å². The van der Waals surface area contributed by atoms with Gasteiger partial charge in [0.2, 0.25) is 0 Å². The number of nitrogens with one attached hydrogen (secondary N) is 1. The standard InChI is InChI=1S/C15H15F4NS/c1-9-3-14(21-10(9)2)8-20-7-11-4-12(15(17,18)19)6-13(16)5-11/h3-6,20H,7-8H2,1-2H3. The molecule has 0 saturated carbocycles. The van der Waals surface area contributed by atoms with Gasteiger partial charge in [0, 0.05) is 22.8 Å². The van der Waals surface area contributed by atoms with Crippen molar-refractivity contribution in [3.05, 3.63) is 56.5 Å². The van der Waals surface area contributed by atoms with Crippen LogP contribution in [0.4, 0.5) is 17.6 Å². The van der Waals surface area contributed by atoms with E-state index >= 15 is 0 Å². The third-order valence-corrected chi connectivity index (χ3v) is 4.28. The van der Waals surface area contributed by atoms with Gasteiger partial charge in [-0.05, 0) is 49.2 Å². The number of hydrogen-bond acceptors (Lipinski definition) is 2. The van der Waals surface area contributed by atoms with Crippen molar-refractivity contribution >= 4 is 11.3 Å². The molecule has 0 aliphatic carbocycles. The van der Waals surface area contributed by atoms with E-state index in [0.29, 0.717) is 12.6 Å². The molecule has 0 fully saturated rings. The molecule has 1 N–H and O–H groups in total. The van der Waals surface area contributed by atoms with Gasteiger partial charge in [-0.1, -0.05) is 0 Å². The average molecular weight is 317 g/mol. The molecule has 114 valence electrons. The van der Waals surface area contributed by atoms with Crippen LogP contribution < -0.4 is 5.32 Å². The second kappa shape index (κ2) is 6.15. The van der Waals surface area contributed by atoms with E-state index in [1.54, 1.807) is 11.3 Å². The zero-order valence-corrected chi connectivity index (χ0v) is 12.5. The lowest BCUT2D eigenvalue weighted by Gasteiger charge is -2.10. The second-order valence-electron chi connectivity index (χ2n) is 4.90. The molecule has 21 heavy (non-hydrogen) atoms. The first-order valence-electron chi connectivity index (χ1n) is 6.39. The van der Waals surface area contributed by atoms with Crippen LogP contribution in [0.5, 0.6) is 0 Å². The number of hydrogen-bond donors (Lipinski definition) is 1. The maximum Gasteiger partial charge on any atom is 0.416 e. The van der Waals surface area contributed by atoms with Crippen molar-refractivity contribution in [2.24, 2.45) is 0 Å². The maximum absolute atomic E-state index is 13.2. The molecule has 0 aliphatic heterocycles. The highest BCUT2D eigenvalue weighted by Crippen LogP contribution is 2.30. The summed E-state index contributed by atoms with van der Waals surface area (Å²) in [5.41, 5.74) is 0.524. The van der Waals surface area contributed by atoms with Gasteiger partial charge in [-0.3, -0.25) is 0 Å². The molecule has 0 unspecified atom stereocenters. The Hall–Kier alpha value is -1.40. The van der Waals surface area contributed by atoms with Gasteiger partial charge in [0.15, 0.2) is 0 Å². The summed E-state index contributed by atoms with van der Waals surface area (Å²) in [5, 5.41) is 3.04. The smallest absolute Gasteiger partial charge is 0.308 e. The first-order valence-corrected chi connectivity index (χ1v) is 7.20. The van der Waals surface area contributed by atoms with Crippen molar-refractivity contribution < 1.29 is 17.6 Å². The topological polar surface area (TPSA) is 12.0 Å². The third-order valence-electron chi connectivity index (χ3n) is 3.13. The summed E-state index contributed by atoms with van der Waals surface area (Å²) < 4.78 is 51.0. The number of rotatable bonds is 4. The predicted octanol–water partition coefficient (Wildman–Crippen LogP) is 4.81. The second-order valence-corrected chi connectivity index (χ2v) is 6.24. The van der Waals surface area contributed by atoms with Crippen LogP contribution in [0, 0.1) is 19.7 Å². The molecule has 0 amide bonds. The van der Waals surface area contributed by atoms with E-state index in [1.807, 2.05) is 19.9 Å². The van der Waals surface area contributed by atoms with Crippen LogP contribution in [-0.2, 0) is 19.3 Å². The van der Waals surface area contributed by atoms with Crippen molar-refractivity contribution in [1.29, 1.82) is 0 Å². The molecule has 0 spiro atoms. The van der Waals surface area contributed by atoms with Crippen LogP contribution in [0.25, 0.3) is 0 Å². The Labute approximate surface area is 124 Å². The lowest BCUT2D eigenvalue weighted by Crippen LogP contribution is -2.13. The Morgan fingerprint density at radius 2 is 1.76 bits per heavy atom. The molecule has 1 nitrogen and oxygen atoms in total. The Bertz CT molecular complexity index is 612. The molecule has 1 aromatic heterocycles. The molecule has 6 heteroatoms. The Balaban J connectivity index is 2.01. The predicted molar refractivity (Wildman–Crippen MR) is 75.7 cm³/mol. The Kier molecular flexibility index (Phi) is 4.68. The molecule has 0 bridgehead atoms. The molecule has 1 heterocycles. The molecule has 0 radical (unpaired) electrons. The molecule has 1 aromatic carbocycles. The maximum atomic E-state index is 13.2. The van der Waals surface area contributed by atoms with Gasteiger partial charge in [-0.25, -0.2) is 4.39 Å². The summed E-state index contributed by atoms with van der Waals surface area (Å²) in [6.07, 6.45) is -4.53. The summed E-state index contributed by atoms with van der Waals surface area (Å²) >= 11 is 1.64. The fourth-order valence-electron chi connectivity index (χ4n) is 1.98. The van der Waals surface area contributed by atoms with Gasteiger partial charge < -0.3 is 5.32 Å². The monoisotopic (exact) mass is 317 g/mol. The highest BCUT2D eigenvalue weighted by molar-refractivity contribution is 7.12. The number of aryl methyl sites for hydroxylation is 2. The van der Waals surface area contributed by atoms with Gasteiger partial charge in [0.25, 0.3) is 0 Å². The number of thiophene rings is 1. The van der Waals surface area contributed by atoms with E-state index in [9.17, 15) is 17.6 Å². The highest BCUT2D eigenvalue weighted by atomic mass is 32.1. The van der Waals surface area contributed by atoms with Crippen LogP contribution in [0.3, 0.4) is 0 Å². The summed E-state index contributed by atoms with van der Waals surface area (Å²) in [7, 11) is 0. The summed E-state index contributed by atoms with van der Waals surface area (Å²) in [4.78, 5) is 2.33. The normalized spacial score (nSPS) is 11.9. The SMILES string of the molecule is Cc1cc(CNCc2cc(F)cc(C(F)(F)F)c2)sc1C. The fraction of sp³-hybridized carbons (Fsp3) is 0.333. The van der Waals surface area contributed by atoms with Gasteiger partial charge >= 0.3 is 6.18 Å². The molecule has 0 aliphatic rings. The van der Waals surface area contributed by atoms with Crippen LogP contribution in [0.2, 0.25) is 0 Å². The Morgan fingerprint density at radius 1 is 1.05 bits per heavy atom. The zero-order chi connectivity index (χ0) is 15.6. The van der Waals surface area contributed by atoms with Crippen molar-refractivity contribution in [3.8, 4) is 0 Å². The number of benzene rings is 1. The minimum Gasteiger partial charge on any atom is -0.308 e. The Morgan fingerprint density at radius 3 is 2.33 bits per heavy atom. The summed E-state index contributed by atoms with van der Waals surface area (Å²) in [5.74, 6) is -0.871. The van der Waals surface area contributed by atoms with Crippen LogP contribution in [0.15, 0.2) is 24.3 Å². The van der Waals surface area contributed by atoms with Gasteiger partial charge in [-0.2, -0.15) is 13.2 Å². The number of alkyl halides is 3. The van der Waals surface area contributed by atoms with Gasteiger partial charge in [0.05, 0.1) is 5.56 Å². The fourth-order valence-corrected chi connectivity index (χ4v) is 3.01. The largest absolute Gasteiger partial charge is 0.416 e. The average Bonchev–Trinajstić information content (AvgIpc) is 2.67. The lowest BCUT2D eigenvalue weighted by molar-refractivity contribution is -0.137. The zero-order valence-electron chi connectivity index (χ0n) is 11.6. The van der Waals surface area contributed by atoms with Crippen molar-refractivity contribution in [2.45, 2.75) is 33.1 Å². The van der Waals surface area contributed by atoms with Gasteiger partial charge in [-0.15, -0.1) is 11.3 Å². The quantitative estimate of drug-likeness (QED) is 0.798. The molecular formula is C15H15F4NS.